The Bertz CT molecular complexity index is 754. The molecule has 1 aromatic heterocycles. The average molecular weight is 315 g/mol. The second-order valence-corrected chi connectivity index (χ2v) is 5.84. The highest BCUT2D eigenvalue weighted by Gasteiger charge is 2.23. The van der Waals surface area contributed by atoms with Gasteiger partial charge in [0.05, 0.1) is 12.1 Å². The number of hydrogen-bond acceptors (Lipinski definition) is 2. The summed E-state index contributed by atoms with van der Waals surface area (Å²) in [6.45, 7) is 0.521. The summed E-state index contributed by atoms with van der Waals surface area (Å²) in [5.41, 5.74) is 2.14. The molecule has 2 N–H and O–H groups in total. The molecule has 2 atom stereocenters. The number of halogens is 1. The van der Waals surface area contributed by atoms with Crippen molar-refractivity contribution in [3.05, 3.63) is 71.4 Å². The third-order valence-corrected chi connectivity index (χ3v) is 4.14. The zero-order valence-electron chi connectivity index (χ0n) is 12.4. The Morgan fingerprint density at radius 3 is 2.64 bits per heavy atom. The van der Waals surface area contributed by atoms with Crippen LogP contribution >= 0.6 is 11.6 Å². The molecule has 0 aliphatic rings. The largest absolute Gasteiger partial charge is 0.389 e. The number of likely N-dealkylation sites (N-methyl/N-ethyl adjacent to an activating group) is 1. The van der Waals surface area contributed by atoms with E-state index in [0.717, 1.165) is 21.5 Å². The van der Waals surface area contributed by atoms with Crippen LogP contribution < -0.4 is 5.32 Å². The van der Waals surface area contributed by atoms with Gasteiger partial charge < -0.3 is 15.0 Å². The van der Waals surface area contributed by atoms with E-state index in [0.29, 0.717) is 6.54 Å². The molecule has 0 aliphatic heterocycles. The molecule has 3 nitrogen and oxygen atoms in total. The number of aliphatic hydroxyl groups excluding tert-OH is 1. The lowest BCUT2D eigenvalue weighted by atomic mass is 10.0. The summed E-state index contributed by atoms with van der Waals surface area (Å²) in [7, 11) is 1.85. The Balaban J connectivity index is 2.11. The van der Waals surface area contributed by atoms with E-state index < -0.39 is 6.10 Å². The van der Waals surface area contributed by atoms with Crippen LogP contribution in [0.2, 0.25) is 5.02 Å². The van der Waals surface area contributed by atoms with Gasteiger partial charge in [0, 0.05) is 28.7 Å². The maximum Gasteiger partial charge on any atom is 0.0912 e. The minimum atomic E-state index is -0.529. The Kier molecular flexibility index (Phi) is 4.48. The molecule has 114 valence electrons. The molecule has 1 heterocycles. The van der Waals surface area contributed by atoms with Crippen molar-refractivity contribution in [2.24, 2.45) is 0 Å². The summed E-state index contributed by atoms with van der Waals surface area (Å²) in [5.74, 6) is 0. The van der Waals surface area contributed by atoms with Gasteiger partial charge in [-0.25, -0.2) is 0 Å². The van der Waals surface area contributed by atoms with Crippen molar-refractivity contribution >= 4 is 22.5 Å². The second kappa shape index (κ2) is 6.53. The first kappa shape index (κ1) is 15.1. The van der Waals surface area contributed by atoms with E-state index in [2.05, 4.69) is 9.88 Å². The van der Waals surface area contributed by atoms with Crippen molar-refractivity contribution < 1.29 is 5.11 Å². The lowest BCUT2D eigenvalue weighted by molar-refractivity contribution is 0.132. The Morgan fingerprint density at radius 1 is 1.14 bits per heavy atom. The van der Waals surface area contributed by atoms with E-state index in [1.165, 1.54) is 0 Å². The highest BCUT2D eigenvalue weighted by atomic mass is 35.5. The molecule has 0 amide bonds. The van der Waals surface area contributed by atoms with Crippen LogP contribution in [0.25, 0.3) is 10.9 Å². The second-order valence-electron chi connectivity index (χ2n) is 5.41. The number of rotatable bonds is 5. The number of fused-ring (bicyclic) bond motifs is 1. The predicted octanol–water partition coefficient (Wildman–Crippen LogP) is 3.46. The highest BCUT2D eigenvalue weighted by molar-refractivity contribution is 6.31. The summed E-state index contributed by atoms with van der Waals surface area (Å²) in [4.78, 5) is 0. The van der Waals surface area contributed by atoms with Gasteiger partial charge in [0.15, 0.2) is 0 Å². The number of aliphatic hydroxyl groups is 1. The first-order valence-corrected chi connectivity index (χ1v) is 7.72. The number of nitrogens with zero attached hydrogens (tertiary/aromatic N) is 1. The lowest BCUT2D eigenvalue weighted by Gasteiger charge is -2.26. The van der Waals surface area contributed by atoms with Crippen molar-refractivity contribution in [3.63, 3.8) is 0 Å². The number of hydrogen-bond donors (Lipinski definition) is 2. The molecular weight excluding hydrogens is 296 g/mol. The number of nitrogens with one attached hydrogen (secondary N) is 1. The van der Waals surface area contributed by atoms with Gasteiger partial charge in [-0.15, -0.1) is 0 Å². The zero-order valence-corrected chi connectivity index (χ0v) is 13.2. The molecule has 1 unspecified atom stereocenters. The van der Waals surface area contributed by atoms with E-state index in [1.54, 1.807) is 0 Å². The van der Waals surface area contributed by atoms with Crippen molar-refractivity contribution in [3.8, 4) is 0 Å². The van der Waals surface area contributed by atoms with Crippen LogP contribution in [0.15, 0.2) is 60.8 Å². The van der Waals surface area contributed by atoms with E-state index in [4.69, 9.17) is 11.6 Å². The van der Waals surface area contributed by atoms with E-state index in [-0.39, 0.29) is 6.04 Å². The van der Waals surface area contributed by atoms with Crippen LogP contribution in [0.1, 0.15) is 11.6 Å². The predicted molar refractivity (Wildman–Crippen MR) is 91.5 cm³/mol. The van der Waals surface area contributed by atoms with Gasteiger partial charge in [0.2, 0.25) is 0 Å². The smallest absolute Gasteiger partial charge is 0.0912 e. The Hall–Kier alpha value is -1.81. The molecule has 0 aliphatic carbocycles. The molecule has 2 aromatic carbocycles. The van der Waals surface area contributed by atoms with Crippen LogP contribution in [0, 0.1) is 0 Å². The fourth-order valence-electron chi connectivity index (χ4n) is 2.92. The molecule has 0 bridgehead atoms. The average Bonchev–Trinajstić information content (AvgIpc) is 2.92. The molecule has 0 saturated heterocycles. The Morgan fingerprint density at radius 2 is 1.91 bits per heavy atom. The minimum Gasteiger partial charge on any atom is -0.389 e. The maximum atomic E-state index is 10.6. The summed E-state index contributed by atoms with van der Waals surface area (Å²) in [6.07, 6.45) is 1.48. The van der Waals surface area contributed by atoms with Gasteiger partial charge in [0.1, 0.15) is 0 Å². The molecule has 3 rings (SSSR count). The van der Waals surface area contributed by atoms with E-state index in [1.807, 2.05) is 67.8 Å². The first-order chi connectivity index (χ1) is 10.7. The SMILES string of the molecule is CNCC(O)[C@@H](c1ccccc1)n1ccc2cc(Cl)ccc21. The van der Waals surface area contributed by atoms with Gasteiger partial charge in [0.25, 0.3) is 0 Å². The fraction of sp³-hybridized carbons (Fsp3) is 0.222. The summed E-state index contributed by atoms with van der Waals surface area (Å²) in [5, 5.41) is 15.5. The van der Waals surface area contributed by atoms with Crippen LogP contribution in [0.5, 0.6) is 0 Å². The van der Waals surface area contributed by atoms with Crippen LogP contribution in [-0.2, 0) is 0 Å². The molecule has 0 saturated carbocycles. The quantitative estimate of drug-likeness (QED) is 0.756. The standard InChI is InChI=1S/C18H19ClN2O/c1-20-12-17(22)18(13-5-3-2-4-6-13)21-10-9-14-11-15(19)7-8-16(14)21/h2-11,17-18,20,22H,12H2,1H3/t17?,18-/m1/s1. The van der Waals surface area contributed by atoms with Crippen molar-refractivity contribution in [2.75, 3.05) is 13.6 Å². The molecule has 0 spiro atoms. The Labute approximate surface area is 135 Å². The van der Waals surface area contributed by atoms with E-state index >= 15 is 0 Å². The van der Waals surface area contributed by atoms with Gasteiger partial charge in [-0.1, -0.05) is 41.9 Å². The lowest BCUT2D eigenvalue weighted by Crippen LogP contribution is -2.33. The highest BCUT2D eigenvalue weighted by Crippen LogP contribution is 2.29. The molecule has 0 radical (unpaired) electrons. The molecule has 0 fully saturated rings. The zero-order chi connectivity index (χ0) is 15.5. The van der Waals surface area contributed by atoms with Crippen LogP contribution in [-0.4, -0.2) is 29.4 Å². The maximum absolute atomic E-state index is 10.6. The summed E-state index contributed by atoms with van der Waals surface area (Å²) >= 11 is 6.07. The van der Waals surface area contributed by atoms with Gasteiger partial charge in [-0.2, -0.15) is 0 Å². The van der Waals surface area contributed by atoms with Crippen LogP contribution in [0.4, 0.5) is 0 Å². The number of aromatic nitrogens is 1. The monoisotopic (exact) mass is 314 g/mol. The van der Waals surface area contributed by atoms with Crippen molar-refractivity contribution in [1.29, 1.82) is 0 Å². The third kappa shape index (κ3) is 2.88. The molecule has 3 aromatic rings. The van der Waals surface area contributed by atoms with Gasteiger partial charge in [-0.3, -0.25) is 0 Å². The normalized spacial score (nSPS) is 14.1. The molecule has 4 heteroatoms. The van der Waals surface area contributed by atoms with Gasteiger partial charge >= 0.3 is 0 Å². The topological polar surface area (TPSA) is 37.2 Å². The van der Waals surface area contributed by atoms with E-state index in [9.17, 15) is 5.11 Å². The summed E-state index contributed by atoms with van der Waals surface area (Å²) < 4.78 is 2.11. The fourth-order valence-corrected chi connectivity index (χ4v) is 3.10. The third-order valence-electron chi connectivity index (χ3n) is 3.90. The van der Waals surface area contributed by atoms with Crippen molar-refractivity contribution in [1.82, 2.24) is 9.88 Å². The number of benzene rings is 2. The minimum absolute atomic E-state index is 0.146. The molecular formula is C18H19ClN2O. The van der Waals surface area contributed by atoms with Crippen molar-refractivity contribution in [2.45, 2.75) is 12.1 Å². The molecule has 22 heavy (non-hydrogen) atoms. The van der Waals surface area contributed by atoms with Gasteiger partial charge in [-0.05, 0) is 36.9 Å². The first-order valence-electron chi connectivity index (χ1n) is 7.34. The summed E-state index contributed by atoms with van der Waals surface area (Å²) in [6, 6.07) is 17.8. The van der Waals surface area contributed by atoms with Crippen LogP contribution in [0.3, 0.4) is 0 Å².